The van der Waals surface area contributed by atoms with Gasteiger partial charge in [-0.3, -0.25) is 9.69 Å². The second-order valence-corrected chi connectivity index (χ2v) is 5.83. The van der Waals surface area contributed by atoms with Crippen molar-refractivity contribution >= 4 is 11.7 Å². The van der Waals surface area contributed by atoms with Crippen LogP contribution in [0.5, 0.6) is 0 Å². The molecule has 0 radical (unpaired) electrons. The Morgan fingerprint density at radius 1 is 1.00 bits per heavy atom. The van der Waals surface area contributed by atoms with Crippen LogP contribution in [0, 0.1) is 13.8 Å². The minimum atomic E-state index is 0.139. The highest BCUT2D eigenvalue weighted by Crippen LogP contribution is 2.15. The van der Waals surface area contributed by atoms with E-state index in [1.54, 1.807) is 0 Å². The Morgan fingerprint density at radius 2 is 1.77 bits per heavy atom. The fourth-order valence-electron chi connectivity index (χ4n) is 2.79. The molecule has 3 rings (SSSR count). The molecule has 1 aromatic carbocycles. The van der Waals surface area contributed by atoms with Crippen molar-refractivity contribution in [2.75, 3.05) is 31.1 Å². The van der Waals surface area contributed by atoms with Crippen molar-refractivity contribution in [1.82, 2.24) is 4.90 Å². The first kappa shape index (κ1) is 14.6. The summed E-state index contributed by atoms with van der Waals surface area (Å²) >= 11 is 0. The topological polar surface area (TPSA) is 37.7 Å². The molecular weight excluding hydrogens is 274 g/mol. The molecule has 0 bridgehead atoms. The molecule has 1 amide bonds. The van der Waals surface area contributed by atoms with Crippen LogP contribution < -0.4 is 9.88 Å². The van der Waals surface area contributed by atoms with Gasteiger partial charge in [0.15, 0.2) is 0 Å². The normalized spacial score (nSPS) is 15.0. The molecule has 4 heteroatoms. The summed E-state index contributed by atoms with van der Waals surface area (Å²) in [4.78, 5) is 20.1. The number of nitrogens with zero attached hydrogens (tertiary/aromatic N) is 2. The van der Waals surface area contributed by atoms with E-state index in [9.17, 15) is 4.79 Å². The van der Waals surface area contributed by atoms with E-state index in [-0.39, 0.29) is 5.91 Å². The van der Waals surface area contributed by atoms with Gasteiger partial charge in [0, 0.05) is 11.6 Å². The number of nitrogens with one attached hydrogen (secondary N) is 1. The molecule has 22 heavy (non-hydrogen) atoms. The summed E-state index contributed by atoms with van der Waals surface area (Å²) in [5.74, 6) is 1.25. The van der Waals surface area contributed by atoms with Gasteiger partial charge >= 0.3 is 0 Å². The lowest BCUT2D eigenvalue weighted by atomic mass is 10.1. The molecule has 2 aromatic rings. The number of carbonyl (C=O) groups excluding carboxylic acids is 1. The maximum Gasteiger partial charge on any atom is 0.274 e. The van der Waals surface area contributed by atoms with E-state index in [0.717, 1.165) is 37.6 Å². The van der Waals surface area contributed by atoms with E-state index >= 15 is 0 Å². The fourth-order valence-corrected chi connectivity index (χ4v) is 2.79. The Hall–Kier alpha value is -2.36. The molecule has 0 atom stereocenters. The highest BCUT2D eigenvalue weighted by molar-refractivity contribution is 5.94. The fraction of sp³-hybridized carbons (Fsp3) is 0.333. The summed E-state index contributed by atoms with van der Waals surface area (Å²) in [5.41, 5.74) is 3.19. The molecule has 2 heterocycles. The summed E-state index contributed by atoms with van der Waals surface area (Å²) in [5, 5.41) is 0. The molecule has 0 saturated carbocycles. The van der Waals surface area contributed by atoms with Gasteiger partial charge in [0.25, 0.3) is 11.7 Å². The van der Waals surface area contributed by atoms with Crippen molar-refractivity contribution in [3.05, 3.63) is 59.3 Å². The lowest BCUT2D eigenvalue weighted by Gasteiger charge is -2.31. The van der Waals surface area contributed by atoms with Gasteiger partial charge in [0.2, 0.25) is 0 Å². The Bertz CT molecular complexity index is 661. The number of rotatable bonds is 2. The molecule has 1 aliphatic rings. The summed E-state index contributed by atoms with van der Waals surface area (Å²) < 4.78 is 0. The number of hydrogen-bond acceptors (Lipinski definition) is 2. The number of aromatic nitrogens is 1. The van der Waals surface area contributed by atoms with Crippen LogP contribution in [0.15, 0.2) is 42.6 Å². The minimum absolute atomic E-state index is 0.139. The monoisotopic (exact) mass is 296 g/mol. The first-order chi connectivity index (χ1) is 10.6. The summed E-state index contributed by atoms with van der Waals surface area (Å²) in [6.07, 6.45) is 1.93. The summed E-state index contributed by atoms with van der Waals surface area (Å²) in [6.45, 7) is 7.35. The number of anilines is 1. The van der Waals surface area contributed by atoms with E-state index in [0.29, 0.717) is 0 Å². The van der Waals surface area contributed by atoms with Crippen molar-refractivity contribution in [3.63, 3.8) is 0 Å². The third kappa shape index (κ3) is 2.96. The van der Waals surface area contributed by atoms with E-state index in [1.807, 2.05) is 41.4 Å². The number of amides is 1. The maximum atomic E-state index is 12.6. The van der Waals surface area contributed by atoms with E-state index in [2.05, 4.69) is 29.8 Å². The Kier molecular flexibility index (Phi) is 4.09. The molecule has 1 aromatic heterocycles. The number of aryl methyl sites for hydroxylation is 2. The van der Waals surface area contributed by atoms with Gasteiger partial charge in [-0.15, -0.1) is 0 Å². The second-order valence-electron chi connectivity index (χ2n) is 5.83. The van der Waals surface area contributed by atoms with Crippen molar-refractivity contribution < 1.29 is 9.78 Å². The SMILES string of the molecule is Cc1ccc(C(=O)N2CCN(c3cccc[nH+]3)CC2)cc1C. The molecule has 1 fully saturated rings. The van der Waals surface area contributed by atoms with Crippen LogP contribution in [0.2, 0.25) is 0 Å². The third-order valence-corrected chi connectivity index (χ3v) is 4.35. The number of carbonyl (C=O) groups is 1. The van der Waals surface area contributed by atoms with Crippen molar-refractivity contribution in [2.24, 2.45) is 0 Å². The molecular formula is C18H22N3O+. The van der Waals surface area contributed by atoms with Crippen molar-refractivity contribution in [2.45, 2.75) is 13.8 Å². The number of hydrogen-bond donors (Lipinski definition) is 0. The number of benzene rings is 1. The average Bonchev–Trinajstić information content (AvgIpc) is 2.58. The highest BCUT2D eigenvalue weighted by atomic mass is 16.2. The van der Waals surface area contributed by atoms with Gasteiger partial charge < -0.3 is 4.90 Å². The van der Waals surface area contributed by atoms with Gasteiger partial charge in [-0.1, -0.05) is 12.1 Å². The van der Waals surface area contributed by atoms with Gasteiger partial charge in [-0.25, -0.2) is 4.98 Å². The molecule has 1 aliphatic heterocycles. The number of piperazine rings is 1. The number of aromatic amines is 1. The van der Waals surface area contributed by atoms with Crippen LogP contribution >= 0.6 is 0 Å². The zero-order chi connectivity index (χ0) is 15.5. The van der Waals surface area contributed by atoms with Crippen LogP contribution in [0.4, 0.5) is 5.82 Å². The second kappa shape index (κ2) is 6.18. The number of pyridine rings is 1. The average molecular weight is 296 g/mol. The molecule has 4 nitrogen and oxygen atoms in total. The molecule has 0 aliphatic carbocycles. The predicted octanol–water partition coefficient (Wildman–Crippen LogP) is 2.08. The lowest BCUT2D eigenvalue weighted by molar-refractivity contribution is -0.364. The van der Waals surface area contributed by atoms with E-state index in [1.165, 1.54) is 11.1 Å². The Labute approximate surface area is 131 Å². The minimum Gasteiger partial charge on any atom is -0.331 e. The van der Waals surface area contributed by atoms with E-state index in [4.69, 9.17) is 0 Å². The largest absolute Gasteiger partial charge is 0.331 e. The summed E-state index contributed by atoms with van der Waals surface area (Å²) in [7, 11) is 0. The van der Waals surface area contributed by atoms with E-state index < -0.39 is 0 Å². The van der Waals surface area contributed by atoms with Crippen LogP contribution in [0.1, 0.15) is 21.5 Å². The first-order valence-corrected chi connectivity index (χ1v) is 7.73. The predicted molar refractivity (Wildman–Crippen MR) is 87.0 cm³/mol. The lowest BCUT2D eigenvalue weighted by Crippen LogP contribution is -2.50. The first-order valence-electron chi connectivity index (χ1n) is 7.73. The number of H-pyrrole nitrogens is 1. The van der Waals surface area contributed by atoms with Gasteiger partial charge in [-0.2, -0.15) is 0 Å². The molecule has 0 unspecified atom stereocenters. The standard InChI is InChI=1S/C18H21N3O/c1-14-6-7-16(13-15(14)2)18(22)21-11-9-20(10-12-21)17-5-3-4-8-19-17/h3-8,13H,9-12H2,1-2H3/p+1. The van der Waals surface area contributed by atoms with Crippen molar-refractivity contribution in [1.29, 1.82) is 0 Å². The highest BCUT2D eigenvalue weighted by Gasteiger charge is 2.26. The Balaban J connectivity index is 1.66. The quantitative estimate of drug-likeness (QED) is 0.851. The van der Waals surface area contributed by atoms with Crippen molar-refractivity contribution in [3.8, 4) is 0 Å². The van der Waals surface area contributed by atoms with Crippen LogP contribution in [0.3, 0.4) is 0 Å². The van der Waals surface area contributed by atoms with Gasteiger partial charge in [0.05, 0.1) is 19.3 Å². The van der Waals surface area contributed by atoms with Crippen LogP contribution in [0.25, 0.3) is 0 Å². The zero-order valence-electron chi connectivity index (χ0n) is 13.2. The zero-order valence-corrected chi connectivity index (χ0v) is 13.2. The van der Waals surface area contributed by atoms with Crippen LogP contribution in [-0.2, 0) is 0 Å². The van der Waals surface area contributed by atoms with Crippen LogP contribution in [-0.4, -0.2) is 37.0 Å². The van der Waals surface area contributed by atoms with Gasteiger partial charge in [0.1, 0.15) is 13.1 Å². The smallest absolute Gasteiger partial charge is 0.274 e. The molecule has 114 valence electrons. The third-order valence-electron chi connectivity index (χ3n) is 4.35. The molecule has 1 saturated heterocycles. The Morgan fingerprint density at radius 3 is 2.41 bits per heavy atom. The maximum absolute atomic E-state index is 12.6. The molecule has 0 spiro atoms. The molecule has 1 N–H and O–H groups in total. The summed E-state index contributed by atoms with van der Waals surface area (Å²) in [6, 6.07) is 12.0. The van der Waals surface area contributed by atoms with Gasteiger partial charge in [-0.05, 0) is 43.2 Å².